The zero-order valence-corrected chi connectivity index (χ0v) is 15.9. The summed E-state index contributed by atoms with van der Waals surface area (Å²) in [6.45, 7) is 1.38. The van der Waals surface area contributed by atoms with Crippen molar-refractivity contribution < 1.29 is 23.8 Å². The van der Waals surface area contributed by atoms with E-state index < -0.39 is 12.1 Å². The summed E-state index contributed by atoms with van der Waals surface area (Å²) in [5.41, 5.74) is 0.473. The van der Waals surface area contributed by atoms with Crippen molar-refractivity contribution >= 4 is 17.6 Å². The topological polar surface area (TPSA) is 90.9 Å². The summed E-state index contributed by atoms with van der Waals surface area (Å²) < 4.78 is 18.8. The number of nitrogens with one attached hydrogen (secondary N) is 2. The molecular weight excluding hydrogens is 365 g/mol. The predicted molar refractivity (Wildman–Crippen MR) is 102 cm³/mol. The van der Waals surface area contributed by atoms with E-state index in [1.54, 1.807) is 0 Å². The molecule has 8 heteroatoms. The number of halogens is 1. The van der Waals surface area contributed by atoms with Gasteiger partial charge in [-0.25, -0.2) is 9.18 Å². The number of hydrogen-bond donors (Lipinski definition) is 3. The number of nitrogens with zero attached hydrogens (tertiary/aromatic N) is 1. The number of urea groups is 1. The summed E-state index contributed by atoms with van der Waals surface area (Å²) >= 11 is 0. The van der Waals surface area contributed by atoms with Gasteiger partial charge < -0.3 is 25.4 Å². The van der Waals surface area contributed by atoms with Crippen LogP contribution < -0.4 is 10.6 Å². The van der Waals surface area contributed by atoms with Crippen LogP contribution in [0.4, 0.5) is 14.9 Å². The van der Waals surface area contributed by atoms with Crippen LogP contribution in [-0.4, -0.2) is 59.9 Å². The Bertz CT molecular complexity index is 664. The lowest BCUT2D eigenvalue weighted by atomic mass is 9.96. The van der Waals surface area contributed by atoms with Crippen molar-refractivity contribution in [2.75, 3.05) is 25.0 Å². The summed E-state index contributed by atoms with van der Waals surface area (Å²) in [6, 6.07) is 4.67. The van der Waals surface area contributed by atoms with Crippen LogP contribution in [-0.2, 0) is 9.53 Å². The van der Waals surface area contributed by atoms with E-state index in [0.29, 0.717) is 24.9 Å². The van der Waals surface area contributed by atoms with Gasteiger partial charge in [0, 0.05) is 18.8 Å². The minimum Gasteiger partial charge on any atom is -0.394 e. The summed E-state index contributed by atoms with van der Waals surface area (Å²) in [7, 11) is 0. The molecule has 0 saturated carbocycles. The summed E-state index contributed by atoms with van der Waals surface area (Å²) in [5.74, 6) is -0.279. The first-order valence-corrected chi connectivity index (χ1v) is 9.92. The average molecular weight is 393 g/mol. The summed E-state index contributed by atoms with van der Waals surface area (Å²) in [5, 5.41) is 15.1. The fourth-order valence-corrected chi connectivity index (χ4v) is 3.78. The molecule has 0 unspecified atom stereocenters. The molecule has 2 saturated heterocycles. The molecule has 2 aliphatic heterocycles. The van der Waals surface area contributed by atoms with Crippen molar-refractivity contribution in [2.24, 2.45) is 0 Å². The largest absolute Gasteiger partial charge is 0.394 e. The smallest absolute Gasteiger partial charge is 0.319 e. The number of carbonyl (C=O) groups excluding carboxylic acids is 2. The van der Waals surface area contributed by atoms with Crippen LogP contribution in [0.3, 0.4) is 0 Å². The van der Waals surface area contributed by atoms with Crippen LogP contribution >= 0.6 is 0 Å². The highest BCUT2D eigenvalue weighted by atomic mass is 19.1. The standard InChI is InChI=1S/C20H28FN3O4/c21-14-4-6-15(7-5-14)22-20(27)23-17-9-8-16(28-18(17)13-25)12-19(26)24-10-2-1-3-11-24/h4-7,16-18,25H,1-3,8-13H2,(H2,22,23,27)/t16-,17-,18-/m1/s1. The number of rotatable bonds is 5. The Morgan fingerprint density at radius 3 is 2.54 bits per heavy atom. The van der Waals surface area contributed by atoms with E-state index in [2.05, 4.69) is 10.6 Å². The van der Waals surface area contributed by atoms with Gasteiger partial charge in [0.2, 0.25) is 5.91 Å². The molecule has 0 radical (unpaired) electrons. The number of aliphatic hydroxyl groups excluding tert-OH is 1. The van der Waals surface area contributed by atoms with Crippen LogP contribution in [0.2, 0.25) is 0 Å². The quantitative estimate of drug-likeness (QED) is 0.716. The van der Waals surface area contributed by atoms with Crippen molar-refractivity contribution in [2.45, 2.75) is 56.8 Å². The third-order valence-corrected chi connectivity index (χ3v) is 5.33. The number of benzene rings is 1. The van der Waals surface area contributed by atoms with E-state index in [1.807, 2.05) is 4.90 Å². The summed E-state index contributed by atoms with van der Waals surface area (Å²) in [6.07, 6.45) is 4.01. The molecule has 0 aliphatic carbocycles. The molecule has 3 amide bonds. The molecule has 3 N–H and O–H groups in total. The van der Waals surface area contributed by atoms with Crippen molar-refractivity contribution in [1.82, 2.24) is 10.2 Å². The molecule has 0 bridgehead atoms. The monoisotopic (exact) mass is 393 g/mol. The Kier molecular flexibility index (Phi) is 7.22. The predicted octanol–water partition coefficient (Wildman–Crippen LogP) is 2.26. The SMILES string of the molecule is O=C(Nc1ccc(F)cc1)N[C@@H]1CC[C@H](CC(=O)N2CCCCC2)O[C@@H]1CO. The second-order valence-corrected chi connectivity index (χ2v) is 7.41. The maximum atomic E-state index is 12.9. The fraction of sp³-hybridized carbons (Fsp3) is 0.600. The van der Waals surface area contributed by atoms with Gasteiger partial charge in [-0.15, -0.1) is 0 Å². The maximum Gasteiger partial charge on any atom is 0.319 e. The highest BCUT2D eigenvalue weighted by molar-refractivity contribution is 5.89. The molecule has 0 aromatic heterocycles. The maximum absolute atomic E-state index is 12.9. The molecule has 2 fully saturated rings. The number of anilines is 1. The van der Waals surface area contributed by atoms with Crippen LogP contribution in [0, 0.1) is 5.82 Å². The van der Waals surface area contributed by atoms with Gasteiger partial charge in [0.1, 0.15) is 11.9 Å². The lowest BCUT2D eigenvalue weighted by Crippen LogP contribution is -2.52. The van der Waals surface area contributed by atoms with E-state index in [0.717, 1.165) is 25.9 Å². The van der Waals surface area contributed by atoms with Crippen molar-refractivity contribution in [3.63, 3.8) is 0 Å². The van der Waals surface area contributed by atoms with Gasteiger partial charge in [-0.2, -0.15) is 0 Å². The molecule has 2 aliphatic rings. The molecule has 1 aromatic carbocycles. The number of hydrogen-bond acceptors (Lipinski definition) is 4. The minimum atomic E-state index is -0.563. The van der Waals surface area contributed by atoms with Gasteiger partial charge in [0.05, 0.1) is 25.2 Å². The second kappa shape index (κ2) is 9.84. The van der Waals surface area contributed by atoms with Gasteiger partial charge in [-0.3, -0.25) is 4.79 Å². The number of ether oxygens (including phenoxy) is 1. The third-order valence-electron chi connectivity index (χ3n) is 5.33. The molecule has 3 atom stereocenters. The van der Waals surface area contributed by atoms with Crippen LogP contribution in [0.25, 0.3) is 0 Å². The van der Waals surface area contributed by atoms with Crippen LogP contribution in [0.15, 0.2) is 24.3 Å². The van der Waals surface area contributed by atoms with Crippen molar-refractivity contribution in [3.8, 4) is 0 Å². The van der Waals surface area contributed by atoms with Gasteiger partial charge in [-0.05, 0) is 56.4 Å². The van der Waals surface area contributed by atoms with E-state index in [-0.39, 0.29) is 30.5 Å². The van der Waals surface area contributed by atoms with E-state index >= 15 is 0 Å². The van der Waals surface area contributed by atoms with E-state index in [1.165, 1.54) is 30.7 Å². The minimum absolute atomic E-state index is 0.0989. The first-order valence-electron chi connectivity index (χ1n) is 9.92. The highest BCUT2D eigenvalue weighted by Crippen LogP contribution is 2.23. The fourth-order valence-electron chi connectivity index (χ4n) is 3.78. The number of piperidine rings is 1. The Balaban J connectivity index is 1.47. The molecule has 0 spiro atoms. The first kappa shape index (κ1) is 20.5. The highest BCUT2D eigenvalue weighted by Gasteiger charge is 2.33. The Morgan fingerprint density at radius 2 is 1.86 bits per heavy atom. The van der Waals surface area contributed by atoms with E-state index in [9.17, 15) is 19.1 Å². The number of likely N-dealkylation sites (tertiary alicyclic amines) is 1. The number of aliphatic hydroxyl groups is 1. The van der Waals surface area contributed by atoms with Gasteiger partial charge >= 0.3 is 6.03 Å². The Hall–Kier alpha value is -2.19. The van der Waals surface area contributed by atoms with Crippen LogP contribution in [0.1, 0.15) is 38.5 Å². The van der Waals surface area contributed by atoms with Crippen molar-refractivity contribution in [1.29, 1.82) is 0 Å². The Morgan fingerprint density at radius 1 is 1.14 bits per heavy atom. The molecular formula is C20H28FN3O4. The Labute approximate surface area is 164 Å². The molecule has 1 aromatic rings. The zero-order chi connectivity index (χ0) is 19.9. The summed E-state index contributed by atoms with van der Waals surface area (Å²) in [4.78, 5) is 26.5. The normalized spacial score (nSPS) is 25.2. The van der Waals surface area contributed by atoms with E-state index in [4.69, 9.17) is 4.74 Å². The van der Waals surface area contributed by atoms with Crippen molar-refractivity contribution in [3.05, 3.63) is 30.1 Å². The van der Waals surface area contributed by atoms with Gasteiger partial charge in [0.15, 0.2) is 0 Å². The zero-order valence-electron chi connectivity index (χ0n) is 15.9. The molecule has 2 heterocycles. The molecule has 3 rings (SSSR count). The second-order valence-electron chi connectivity index (χ2n) is 7.41. The number of carbonyl (C=O) groups is 2. The molecule has 154 valence electrons. The first-order chi connectivity index (χ1) is 13.5. The average Bonchev–Trinajstić information content (AvgIpc) is 2.71. The van der Waals surface area contributed by atoms with Gasteiger partial charge in [0.25, 0.3) is 0 Å². The number of amides is 3. The lowest BCUT2D eigenvalue weighted by Gasteiger charge is -2.37. The third kappa shape index (κ3) is 5.65. The van der Waals surface area contributed by atoms with Gasteiger partial charge in [-0.1, -0.05) is 0 Å². The van der Waals surface area contributed by atoms with Crippen LogP contribution in [0.5, 0.6) is 0 Å². The molecule has 28 heavy (non-hydrogen) atoms. The lowest BCUT2D eigenvalue weighted by molar-refractivity contribution is -0.141. The molecule has 7 nitrogen and oxygen atoms in total.